The fourth-order valence-electron chi connectivity index (χ4n) is 1.09. The molecule has 0 aromatic rings. The van der Waals surface area contributed by atoms with E-state index in [-0.39, 0.29) is 12.5 Å². The van der Waals surface area contributed by atoms with Gasteiger partial charge in [0, 0.05) is 32.8 Å². The minimum Gasteiger partial charge on any atom is -0.478 e. The summed E-state index contributed by atoms with van der Waals surface area (Å²) in [7, 11) is 3.20. The minimum atomic E-state index is -1.19. The molecule has 0 unspecified atom stereocenters. The van der Waals surface area contributed by atoms with Crippen molar-refractivity contribution in [3.8, 4) is 0 Å². The third-order valence-electron chi connectivity index (χ3n) is 2.00. The Balaban J connectivity index is 4.56. The van der Waals surface area contributed by atoms with E-state index in [1.165, 1.54) is 9.80 Å². The van der Waals surface area contributed by atoms with Gasteiger partial charge in [0.1, 0.15) is 0 Å². The van der Waals surface area contributed by atoms with Crippen LogP contribution in [-0.2, 0) is 14.4 Å². The zero-order chi connectivity index (χ0) is 13.4. The zero-order valence-corrected chi connectivity index (χ0v) is 10.3. The first kappa shape index (κ1) is 15.2. The molecule has 0 aromatic heterocycles. The molecule has 0 radical (unpaired) electrons. The second-order valence-electron chi connectivity index (χ2n) is 3.72. The Hall–Kier alpha value is -1.85. The lowest BCUT2D eigenvalue weighted by molar-refractivity contribution is -0.136. The highest BCUT2D eigenvalue weighted by Crippen LogP contribution is 1.96. The van der Waals surface area contributed by atoms with Crippen molar-refractivity contribution in [3.63, 3.8) is 0 Å². The van der Waals surface area contributed by atoms with Crippen molar-refractivity contribution in [2.45, 2.75) is 13.3 Å². The number of hydrogen-bond acceptors (Lipinski definition) is 3. The standard InChI is InChI=1S/C11H18N2O4/c1-4-7-13(8-10(15)12(2)3)9(14)5-6-11(16)17/h5-6H,4,7-8H2,1-3H3,(H,16,17)/b6-5+. The molecule has 0 saturated carbocycles. The van der Waals surface area contributed by atoms with Gasteiger partial charge in [-0.2, -0.15) is 0 Å². The molecule has 0 saturated heterocycles. The number of rotatable bonds is 6. The van der Waals surface area contributed by atoms with E-state index >= 15 is 0 Å². The maximum Gasteiger partial charge on any atom is 0.328 e. The summed E-state index contributed by atoms with van der Waals surface area (Å²) in [5.74, 6) is -1.85. The molecule has 96 valence electrons. The molecule has 0 aliphatic carbocycles. The van der Waals surface area contributed by atoms with Crippen molar-refractivity contribution in [1.29, 1.82) is 0 Å². The molecule has 0 aromatic carbocycles. The highest BCUT2D eigenvalue weighted by molar-refractivity contribution is 5.95. The van der Waals surface area contributed by atoms with Crippen LogP contribution in [0, 0.1) is 0 Å². The monoisotopic (exact) mass is 242 g/mol. The molecule has 0 atom stereocenters. The Bertz CT molecular complexity index is 323. The summed E-state index contributed by atoms with van der Waals surface area (Å²) in [5.41, 5.74) is 0. The molecular weight excluding hydrogens is 224 g/mol. The molecule has 17 heavy (non-hydrogen) atoms. The van der Waals surface area contributed by atoms with E-state index in [9.17, 15) is 14.4 Å². The van der Waals surface area contributed by atoms with E-state index in [2.05, 4.69) is 0 Å². The smallest absolute Gasteiger partial charge is 0.328 e. The van der Waals surface area contributed by atoms with Gasteiger partial charge < -0.3 is 14.9 Å². The van der Waals surface area contributed by atoms with E-state index < -0.39 is 11.9 Å². The van der Waals surface area contributed by atoms with Crippen molar-refractivity contribution >= 4 is 17.8 Å². The Morgan fingerprint density at radius 3 is 2.18 bits per heavy atom. The zero-order valence-electron chi connectivity index (χ0n) is 10.3. The number of hydrogen-bond donors (Lipinski definition) is 1. The molecular formula is C11H18N2O4. The molecule has 2 amide bonds. The van der Waals surface area contributed by atoms with Crippen LogP contribution in [0.5, 0.6) is 0 Å². The minimum absolute atomic E-state index is 0.0381. The normalized spacial score (nSPS) is 10.3. The van der Waals surface area contributed by atoms with Gasteiger partial charge in [-0.05, 0) is 6.42 Å². The highest BCUT2D eigenvalue weighted by Gasteiger charge is 2.15. The van der Waals surface area contributed by atoms with Gasteiger partial charge >= 0.3 is 5.97 Å². The van der Waals surface area contributed by atoms with E-state index in [0.717, 1.165) is 12.2 Å². The second kappa shape index (κ2) is 7.43. The summed E-state index contributed by atoms with van der Waals surface area (Å²) < 4.78 is 0. The number of aliphatic carboxylic acids is 1. The van der Waals surface area contributed by atoms with Crippen LogP contribution in [0.25, 0.3) is 0 Å². The topological polar surface area (TPSA) is 77.9 Å². The molecule has 0 spiro atoms. The number of nitrogens with zero attached hydrogens (tertiary/aromatic N) is 2. The van der Waals surface area contributed by atoms with Crippen LogP contribution in [0.3, 0.4) is 0 Å². The maximum atomic E-state index is 11.6. The summed E-state index contributed by atoms with van der Waals surface area (Å²) >= 11 is 0. The van der Waals surface area contributed by atoms with Crippen molar-refractivity contribution in [2.75, 3.05) is 27.2 Å². The molecule has 0 aliphatic rings. The van der Waals surface area contributed by atoms with Crippen molar-refractivity contribution in [3.05, 3.63) is 12.2 Å². The average molecular weight is 242 g/mol. The Morgan fingerprint density at radius 1 is 1.18 bits per heavy atom. The molecule has 0 fully saturated rings. The molecule has 6 heteroatoms. The van der Waals surface area contributed by atoms with Crippen LogP contribution in [0.15, 0.2) is 12.2 Å². The molecule has 0 rings (SSSR count). The van der Waals surface area contributed by atoms with Gasteiger partial charge in [0.25, 0.3) is 0 Å². The molecule has 1 N–H and O–H groups in total. The van der Waals surface area contributed by atoms with Crippen LogP contribution < -0.4 is 0 Å². The van der Waals surface area contributed by atoms with Gasteiger partial charge in [-0.15, -0.1) is 0 Å². The summed E-state index contributed by atoms with van der Waals surface area (Å²) in [5, 5.41) is 8.41. The highest BCUT2D eigenvalue weighted by atomic mass is 16.4. The third kappa shape index (κ3) is 6.34. The lowest BCUT2D eigenvalue weighted by atomic mass is 10.3. The summed E-state index contributed by atoms with van der Waals surface area (Å²) in [4.78, 5) is 36.1. The average Bonchev–Trinajstić information content (AvgIpc) is 2.24. The van der Waals surface area contributed by atoms with Crippen LogP contribution in [0.2, 0.25) is 0 Å². The van der Waals surface area contributed by atoms with Gasteiger partial charge in [0.05, 0.1) is 6.54 Å². The SMILES string of the molecule is CCCN(CC(=O)N(C)C)C(=O)/C=C/C(=O)O. The van der Waals surface area contributed by atoms with Gasteiger partial charge in [-0.3, -0.25) is 9.59 Å². The van der Waals surface area contributed by atoms with Crippen molar-refractivity contribution < 1.29 is 19.5 Å². The number of carbonyl (C=O) groups excluding carboxylic acids is 2. The number of amides is 2. The first-order chi connectivity index (χ1) is 7.88. The van der Waals surface area contributed by atoms with E-state index in [0.29, 0.717) is 13.0 Å². The molecule has 6 nitrogen and oxygen atoms in total. The summed E-state index contributed by atoms with van der Waals surface area (Å²) in [6.45, 7) is 2.26. The Kier molecular flexibility index (Phi) is 6.62. The third-order valence-corrected chi connectivity index (χ3v) is 2.00. The lowest BCUT2D eigenvalue weighted by Crippen LogP contribution is -2.40. The molecule has 0 aliphatic heterocycles. The van der Waals surface area contributed by atoms with Gasteiger partial charge in [-0.1, -0.05) is 6.92 Å². The van der Waals surface area contributed by atoms with Crippen molar-refractivity contribution in [2.24, 2.45) is 0 Å². The van der Waals surface area contributed by atoms with Gasteiger partial charge in [0.15, 0.2) is 0 Å². The van der Waals surface area contributed by atoms with Gasteiger partial charge in [-0.25, -0.2) is 4.79 Å². The van der Waals surface area contributed by atoms with Crippen LogP contribution in [0.1, 0.15) is 13.3 Å². The van der Waals surface area contributed by atoms with E-state index in [1.807, 2.05) is 6.92 Å². The Morgan fingerprint density at radius 2 is 1.76 bits per heavy atom. The number of carboxylic acid groups (broad SMARTS) is 1. The first-order valence-corrected chi connectivity index (χ1v) is 5.28. The maximum absolute atomic E-state index is 11.6. The van der Waals surface area contributed by atoms with E-state index in [4.69, 9.17) is 5.11 Å². The largest absolute Gasteiger partial charge is 0.478 e. The van der Waals surface area contributed by atoms with Crippen LogP contribution in [-0.4, -0.2) is 59.9 Å². The lowest BCUT2D eigenvalue weighted by Gasteiger charge is -2.21. The van der Waals surface area contributed by atoms with Gasteiger partial charge in [0.2, 0.25) is 11.8 Å². The first-order valence-electron chi connectivity index (χ1n) is 5.28. The number of carbonyl (C=O) groups is 3. The number of carboxylic acids is 1. The second-order valence-corrected chi connectivity index (χ2v) is 3.72. The van der Waals surface area contributed by atoms with Crippen LogP contribution in [0.4, 0.5) is 0 Å². The molecule has 0 heterocycles. The van der Waals surface area contributed by atoms with Crippen molar-refractivity contribution in [1.82, 2.24) is 9.80 Å². The fraction of sp³-hybridized carbons (Fsp3) is 0.545. The van der Waals surface area contributed by atoms with E-state index in [1.54, 1.807) is 14.1 Å². The predicted molar refractivity (Wildman–Crippen MR) is 62.3 cm³/mol. The Labute approximate surface area is 100 Å². The molecule has 0 bridgehead atoms. The fourth-order valence-corrected chi connectivity index (χ4v) is 1.09. The summed E-state index contributed by atoms with van der Waals surface area (Å²) in [6.07, 6.45) is 2.43. The van der Waals surface area contributed by atoms with Crippen LogP contribution >= 0.6 is 0 Å². The predicted octanol–water partition coefficient (Wildman–Crippen LogP) is -0.0460. The quantitative estimate of drug-likeness (QED) is 0.663. The summed E-state index contributed by atoms with van der Waals surface area (Å²) in [6, 6.07) is 0. The number of likely N-dealkylation sites (N-methyl/N-ethyl adjacent to an activating group) is 1.